The van der Waals surface area contributed by atoms with Gasteiger partial charge < -0.3 is 14.6 Å². The van der Waals surface area contributed by atoms with Crippen molar-refractivity contribution < 1.29 is 24.2 Å². The summed E-state index contributed by atoms with van der Waals surface area (Å²) in [7, 11) is 0. The first-order chi connectivity index (χ1) is 9.58. The van der Waals surface area contributed by atoms with Gasteiger partial charge in [-0.3, -0.25) is 9.78 Å². The van der Waals surface area contributed by atoms with Crippen molar-refractivity contribution in [1.29, 1.82) is 0 Å². The summed E-state index contributed by atoms with van der Waals surface area (Å²) in [4.78, 5) is 25.6. The molecule has 0 atom stereocenters. The van der Waals surface area contributed by atoms with Gasteiger partial charge in [-0.05, 0) is 12.1 Å². The van der Waals surface area contributed by atoms with Gasteiger partial charge in [-0.25, -0.2) is 4.79 Å². The van der Waals surface area contributed by atoms with Crippen molar-refractivity contribution >= 4 is 17.5 Å². The first-order valence-electron chi connectivity index (χ1n) is 5.71. The Labute approximate surface area is 114 Å². The molecular weight excluding hydrogens is 262 g/mol. The number of carboxylic acids is 1. The highest BCUT2D eigenvalue weighted by atomic mass is 16.4. The van der Waals surface area contributed by atoms with Gasteiger partial charge in [-0.15, -0.1) is 0 Å². The van der Waals surface area contributed by atoms with Gasteiger partial charge in [0.1, 0.15) is 12.0 Å². The molecule has 20 heavy (non-hydrogen) atoms. The fraction of sp³-hybridized carbons (Fsp3) is 0.0714. The SMILES string of the molecule is O=C(O)C(=O)C=C(O)c1cocc1Cc1ccccn1. The van der Waals surface area contributed by atoms with E-state index in [0.717, 1.165) is 5.69 Å². The minimum atomic E-state index is -1.63. The zero-order valence-corrected chi connectivity index (χ0v) is 10.3. The molecule has 0 aliphatic heterocycles. The Morgan fingerprint density at radius 1 is 1.25 bits per heavy atom. The van der Waals surface area contributed by atoms with Gasteiger partial charge >= 0.3 is 5.97 Å². The third-order valence-electron chi connectivity index (χ3n) is 2.59. The number of aliphatic carboxylic acids is 1. The minimum absolute atomic E-state index is 0.269. The minimum Gasteiger partial charge on any atom is -0.507 e. The maximum absolute atomic E-state index is 11.0. The summed E-state index contributed by atoms with van der Waals surface area (Å²) in [5.74, 6) is -3.28. The second-order valence-electron chi connectivity index (χ2n) is 4.01. The van der Waals surface area contributed by atoms with E-state index in [-0.39, 0.29) is 5.56 Å². The van der Waals surface area contributed by atoms with Crippen molar-refractivity contribution in [2.24, 2.45) is 0 Å². The molecular formula is C14H11NO5. The maximum Gasteiger partial charge on any atom is 0.376 e. The van der Waals surface area contributed by atoms with Gasteiger partial charge in [0.15, 0.2) is 0 Å². The van der Waals surface area contributed by atoms with Crippen LogP contribution < -0.4 is 0 Å². The van der Waals surface area contributed by atoms with Crippen LogP contribution in [0.2, 0.25) is 0 Å². The van der Waals surface area contributed by atoms with Gasteiger partial charge in [0.25, 0.3) is 5.78 Å². The summed E-state index contributed by atoms with van der Waals surface area (Å²) in [5, 5.41) is 18.3. The molecule has 0 saturated carbocycles. The number of aliphatic hydroxyl groups excluding tert-OH is 1. The van der Waals surface area contributed by atoms with Crippen molar-refractivity contribution in [2.75, 3.05) is 0 Å². The Morgan fingerprint density at radius 3 is 2.70 bits per heavy atom. The van der Waals surface area contributed by atoms with Crippen LogP contribution >= 0.6 is 0 Å². The molecule has 2 aromatic rings. The van der Waals surface area contributed by atoms with Crippen LogP contribution in [0.5, 0.6) is 0 Å². The topological polar surface area (TPSA) is 101 Å². The van der Waals surface area contributed by atoms with Gasteiger partial charge in [-0.1, -0.05) is 6.07 Å². The molecule has 0 bridgehead atoms. The van der Waals surface area contributed by atoms with E-state index in [1.165, 1.54) is 12.5 Å². The first-order valence-corrected chi connectivity index (χ1v) is 5.71. The standard InChI is InChI=1S/C14H11NO5/c16-12(6-13(17)14(18)19)11-8-20-7-9(11)5-10-3-1-2-4-15-10/h1-4,6-8,16H,5H2,(H,18,19). The fourth-order valence-corrected chi connectivity index (χ4v) is 1.65. The molecule has 2 rings (SSSR count). The molecule has 0 aromatic carbocycles. The van der Waals surface area contributed by atoms with E-state index in [0.29, 0.717) is 18.1 Å². The van der Waals surface area contributed by atoms with Crippen LogP contribution in [-0.2, 0) is 16.0 Å². The molecule has 0 spiro atoms. The lowest BCUT2D eigenvalue weighted by atomic mass is 10.1. The Kier molecular flexibility index (Phi) is 3.95. The number of aliphatic hydroxyl groups is 1. The zero-order chi connectivity index (χ0) is 14.5. The summed E-state index contributed by atoms with van der Waals surface area (Å²) >= 11 is 0. The van der Waals surface area contributed by atoms with Gasteiger partial charge in [0, 0.05) is 30.0 Å². The second kappa shape index (κ2) is 5.83. The van der Waals surface area contributed by atoms with E-state index in [9.17, 15) is 14.7 Å². The maximum atomic E-state index is 11.0. The van der Waals surface area contributed by atoms with Gasteiger partial charge in [-0.2, -0.15) is 0 Å². The van der Waals surface area contributed by atoms with Crippen molar-refractivity contribution in [2.45, 2.75) is 6.42 Å². The van der Waals surface area contributed by atoms with Crippen molar-refractivity contribution in [3.63, 3.8) is 0 Å². The van der Waals surface area contributed by atoms with Crippen LogP contribution in [0.1, 0.15) is 16.8 Å². The molecule has 2 heterocycles. The number of nitrogens with zero attached hydrogens (tertiary/aromatic N) is 1. The molecule has 102 valence electrons. The van der Waals surface area contributed by atoms with Crippen LogP contribution in [-0.4, -0.2) is 26.9 Å². The number of ketones is 1. The lowest BCUT2D eigenvalue weighted by Crippen LogP contribution is -2.09. The Bertz CT molecular complexity index is 657. The molecule has 6 nitrogen and oxygen atoms in total. The molecule has 6 heteroatoms. The average molecular weight is 273 g/mol. The third-order valence-corrected chi connectivity index (χ3v) is 2.59. The molecule has 0 saturated heterocycles. The molecule has 0 aliphatic carbocycles. The highest BCUT2D eigenvalue weighted by molar-refractivity contribution is 6.38. The predicted octanol–water partition coefficient (Wildman–Crippen LogP) is 1.82. The van der Waals surface area contributed by atoms with Crippen molar-refractivity contribution in [3.8, 4) is 0 Å². The zero-order valence-electron chi connectivity index (χ0n) is 10.3. The number of furan rings is 1. The van der Waals surface area contributed by atoms with Crippen LogP contribution in [0.3, 0.4) is 0 Å². The van der Waals surface area contributed by atoms with E-state index in [2.05, 4.69) is 4.98 Å². The molecule has 0 radical (unpaired) electrons. The van der Waals surface area contributed by atoms with Crippen LogP contribution in [0.4, 0.5) is 0 Å². The van der Waals surface area contributed by atoms with E-state index < -0.39 is 17.5 Å². The van der Waals surface area contributed by atoms with Crippen LogP contribution in [0.15, 0.2) is 47.4 Å². The Balaban J connectivity index is 2.25. The molecule has 0 amide bonds. The molecule has 0 fully saturated rings. The summed E-state index contributed by atoms with van der Waals surface area (Å²) in [6.45, 7) is 0. The number of hydrogen-bond donors (Lipinski definition) is 2. The lowest BCUT2D eigenvalue weighted by molar-refractivity contribution is -0.146. The summed E-state index contributed by atoms with van der Waals surface area (Å²) in [6.07, 6.45) is 5.35. The van der Waals surface area contributed by atoms with E-state index in [1.807, 2.05) is 6.07 Å². The number of hydrogen-bond acceptors (Lipinski definition) is 5. The number of carbonyl (C=O) groups is 2. The Hall–Kier alpha value is -2.89. The highest BCUT2D eigenvalue weighted by Gasteiger charge is 2.15. The van der Waals surface area contributed by atoms with Gasteiger partial charge in [0.05, 0.1) is 11.8 Å². The van der Waals surface area contributed by atoms with E-state index in [4.69, 9.17) is 9.52 Å². The van der Waals surface area contributed by atoms with Crippen molar-refractivity contribution in [1.82, 2.24) is 4.98 Å². The Morgan fingerprint density at radius 2 is 2.05 bits per heavy atom. The van der Waals surface area contributed by atoms with E-state index in [1.54, 1.807) is 18.3 Å². The summed E-state index contributed by atoms with van der Waals surface area (Å²) in [6, 6.07) is 5.41. The summed E-state index contributed by atoms with van der Waals surface area (Å²) < 4.78 is 4.99. The smallest absolute Gasteiger partial charge is 0.376 e. The van der Waals surface area contributed by atoms with Crippen LogP contribution in [0, 0.1) is 0 Å². The number of rotatable bonds is 5. The molecule has 2 aromatic heterocycles. The second-order valence-corrected chi connectivity index (χ2v) is 4.01. The lowest BCUT2D eigenvalue weighted by Gasteiger charge is -2.01. The largest absolute Gasteiger partial charge is 0.507 e. The third kappa shape index (κ3) is 3.11. The summed E-state index contributed by atoms with van der Waals surface area (Å²) in [5.41, 5.74) is 1.63. The number of carboxylic acid groups (broad SMARTS) is 1. The fourth-order valence-electron chi connectivity index (χ4n) is 1.65. The number of aromatic nitrogens is 1. The quantitative estimate of drug-likeness (QED) is 0.489. The van der Waals surface area contributed by atoms with E-state index >= 15 is 0 Å². The first kappa shape index (κ1) is 13.5. The normalized spacial score (nSPS) is 11.3. The molecule has 0 unspecified atom stereocenters. The molecule has 2 N–H and O–H groups in total. The van der Waals surface area contributed by atoms with Crippen molar-refractivity contribution in [3.05, 3.63) is 59.8 Å². The number of pyridine rings is 1. The number of carbonyl (C=O) groups excluding carboxylic acids is 1. The van der Waals surface area contributed by atoms with Gasteiger partial charge in [0.2, 0.25) is 0 Å². The monoisotopic (exact) mass is 273 g/mol. The predicted molar refractivity (Wildman–Crippen MR) is 69.0 cm³/mol. The average Bonchev–Trinajstić information content (AvgIpc) is 2.88. The molecule has 0 aliphatic rings. The highest BCUT2D eigenvalue weighted by Crippen LogP contribution is 2.21. The van der Waals surface area contributed by atoms with Crippen LogP contribution in [0.25, 0.3) is 5.76 Å².